The first kappa shape index (κ1) is 17.0. The van der Waals surface area contributed by atoms with Crippen molar-refractivity contribution in [2.45, 2.75) is 24.7 Å². The number of aliphatic imine (C=N–C) groups is 1. The summed E-state index contributed by atoms with van der Waals surface area (Å²) in [6, 6.07) is 7.52. The first-order valence-corrected chi connectivity index (χ1v) is 7.23. The van der Waals surface area contributed by atoms with Crippen molar-refractivity contribution in [3.63, 3.8) is 0 Å². The van der Waals surface area contributed by atoms with Crippen LogP contribution < -0.4 is 0 Å². The van der Waals surface area contributed by atoms with Gasteiger partial charge in [0.05, 0.1) is 11.7 Å². The van der Waals surface area contributed by atoms with Crippen LogP contribution in [0, 0.1) is 11.3 Å². The minimum Gasteiger partial charge on any atom is -0.389 e. The number of aliphatic hydroxyl groups is 1. The van der Waals surface area contributed by atoms with E-state index in [0.29, 0.717) is 5.02 Å². The minimum atomic E-state index is -4.75. The molecule has 1 aromatic carbocycles. The molecule has 0 aliphatic carbocycles. The first-order valence-electron chi connectivity index (χ1n) is 6.06. The van der Waals surface area contributed by atoms with E-state index in [9.17, 15) is 23.5 Å². The summed E-state index contributed by atoms with van der Waals surface area (Å²) in [5, 5.41) is 19.8. The number of alkyl halides is 3. The second-order valence-electron chi connectivity index (χ2n) is 4.69. The zero-order valence-corrected chi connectivity index (χ0v) is 13.5. The van der Waals surface area contributed by atoms with Crippen molar-refractivity contribution >= 4 is 32.2 Å². The highest BCUT2D eigenvalue weighted by Gasteiger charge is 2.53. The Hall–Kier alpha value is -1.36. The molecule has 1 N–H and O–H groups in total. The Morgan fingerprint density at radius 1 is 1.36 bits per heavy atom. The fraction of sp³-hybridized carbons (Fsp3) is 0.286. The Morgan fingerprint density at radius 2 is 1.91 bits per heavy atom. The van der Waals surface area contributed by atoms with Gasteiger partial charge in [-0.05, 0) is 40.5 Å². The maximum atomic E-state index is 13.3. The van der Waals surface area contributed by atoms with Crippen molar-refractivity contribution < 1.29 is 18.3 Å². The van der Waals surface area contributed by atoms with E-state index in [1.165, 1.54) is 31.2 Å². The normalized spacial score (nSPS) is 23.3. The Bertz CT molecular complexity index is 704. The van der Waals surface area contributed by atoms with Crippen LogP contribution in [0.4, 0.5) is 13.2 Å². The van der Waals surface area contributed by atoms with Crippen molar-refractivity contribution in [1.82, 2.24) is 0 Å². The molecule has 0 saturated heterocycles. The molecule has 22 heavy (non-hydrogen) atoms. The molecular formula is C14H9BrClF3N2O. The lowest BCUT2D eigenvalue weighted by atomic mass is 9.81. The summed E-state index contributed by atoms with van der Waals surface area (Å²) in [7, 11) is 0. The molecule has 1 aromatic rings. The van der Waals surface area contributed by atoms with Crippen LogP contribution >= 0.6 is 27.5 Å². The zero-order valence-electron chi connectivity index (χ0n) is 11.1. The largest absolute Gasteiger partial charge is 0.419 e. The Labute approximate surface area is 137 Å². The average Bonchev–Trinajstić information content (AvgIpc) is 2.73. The van der Waals surface area contributed by atoms with Gasteiger partial charge in [-0.25, -0.2) is 4.99 Å². The molecular weight excluding hydrogens is 385 g/mol. The molecule has 8 heteroatoms. The van der Waals surface area contributed by atoms with E-state index >= 15 is 0 Å². The summed E-state index contributed by atoms with van der Waals surface area (Å²) >= 11 is 8.53. The molecule has 0 bridgehead atoms. The third-order valence-electron chi connectivity index (χ3n) is 3.26. The highest BCUT2D eigenvalue weighted by Crippen LogP contribution is 2.48. The first-order chi connectivity index (χ1) is 10.1. The summed E-state index contributed by atoms with van der Waals surface area (Å²) in [6.07, 6.45) is -6.26. The molecule has 0 spiro atoms. The molecule has 0 saturated carbocycles. The van der Waals surface area contributed by atoms with Crippen LogP contribution in [-0.2, 0) is 5.54 Å². The number of allylic oxidation sites excluding steroid dienone is 1. The van der Waals surface area contributed by atoms with E-state index in [1.54, 1.807) is 6.07 Å². The summed E-state index contributed by atoms with van der Waals surface area (Å²) < 4.78 is 39.3. The molecule has 116 valence electrons. The molecule has 0 amide bonds. The van der Waals surface area contributed by atoms with E-state index in [0.717, 1.165) is 0 Å². The number of rotatable bonds is 2. The van der Waals surface area contributed by atoms with Crippen LogP contribution in [0.5, 0.6) is 0 Å². The van der Waals surface area contributed by atoms with Crippen LogP contribution in [0.25, 0.3) is 0 Å². The predicted molar refractivity (Wildman–Crippen MR) is 79.9 cm³/mol. The molecule has 2 atom stereocenters. The lowest BCUT2D eigenvalue weighted by Crippen LogP contribution is -2.30. The molecule has 0 aromatic heterocycles. The third-order valence-corrected chi connectivity index (χ3v) is 4.08. The predicted octanol–water partition coefficient (Wildman–Crippen LogP) is 4.11. The zero-order chi connectivity index (χ0) is 16.7. The van der Waals surface area contributed by atoms with Gasteiger partial charge in [-0.3, -0.25) is 0 Å². The van der Waals surface area contributed by atoms with Gasteiger partial charge >= 0.3 is 6.18 Å². The quantitative estimate of drug-likeness (QED) is 0.822. The number of halogens is 5. The number of hydrogen-bond acceptors (Lipinski definition) is 3. The van der Waals surface area contributed by atoms with Gasteiger partial charge in [0, 0.05) is 10.6 Å². The fourth-order valence-corrected chi connectivity index (χ4v) is 3.23. The molecule has 2 unspecified atom stereocenters. The molecule has 3 nitrogen and oxygen atoms in total. The fourth-order valence-electron chi connectivity index (χ4n) is 2.40. The number of nitriles is 1. The second kappa shape index (κ2) is 5.69. The van der Waals surface area contributed by atoms with Gasteiger partial charge in [-0.15, -0.1) is 0 Å². The number of nitrogens with zero attached hydrogens (tertiary/aromatic N) is 2. The van der Waals surface area contributed by atoms with Gasteiger partial charge in [0.1, 0.15) is 10.7 Å². The lowest BCUT2D eigenvalue weighted by molar-refractivity contribution is -0.0872. The standard InChI is InChI=1S/C14H9BrClF3N2O/c1-7(22)10-11(14(17,18)19)12(15)21-13(10,6-20)8-2-4-9(16)5-3-8/h2-5,7,22H,1H3. The number of aliphatic hydroxyl groups excluding tert-OH is 1. The summed E-state index contributed by atoms with van der Waals surface area (Å²) in [6.45, 7) is 1.17. The van der Waals surface area contributed by atoms with Crippen molar-refractivity contribution in [3.8, 4) is 6.07 Å². The molecule has 0 radical (unpaired) electrons. The third kappa shape index (κ3) is 2.67. The maximum absolute atomic E-state index is 13.3. The van der Waals surface area contributed by atoms with Gasteiger partial charge in [-0.2, -0.15) is 18.4 Å². The second-order valence-corrected chi connectivity index (χ2v) is 5.88. The summed E-state index contributed by atoms with van der Waals surface area (Å²) in [5.41, 5.74) is -3.37. The monoisotopic (exact) mass is 392 g/mol. The Morgan fingerprint density at radius 3 is 2.32 bits per heavy atom. The van der Waals surface area contributed by atoms with E-state index in [4.69, 9.17) is 11.6 Å². The van der Waals surface area contributed by atoms with Crippen molar-refractivity contribution in [2.75, 3.05) is 0 Å². The van der Waals surface area contributed by atoms with Gasteiger partial charge in [-0.1, -0.05) is 23.7 Å². The Balaban J connectivity index is 2.79. The molecule has 2 rings (SSSR count). The van der Waals surface area contributed by atoms with Crippen molar-refractivity contribution in [1.29, 1.82) is 5.26 Å². The van der Waals surface area contributed by atoms with E-state index in [1.807, 2.05) is 0 Å². The van der Waals surface area contributed by atoms with Crippen LogP contribution in [0.3, 0.4) is 0 Å². The van der Waals surface area contributed by atoms with Crippen molar-refractivity contribution in [3.05, 3.63) is 46.0 Å². The van der Waals surface area contributed by atoms with Crippen LogP contribution in [-0.4, -0.2) is 22.0 Å². The maximum Gasteiger partial charge on any atom is 0.419 e. The van der Waals surface area contributed by atoms with E-state index < -0.39 is 33.6 Å². The highest BCUT2D eigenvalue weighted by molar-refractivity contribution is 9.18. The topological polar surface area (TPSA) is 56.4 Å². The highest BCUT2D eigenvalue weighted by atomic mass is 79.9. The molecule has 1 aliphatic rings. The molecule has 1 heterocycles. The van der Waals surface area contributed by atoms with Gasteiger partial charge in [0.2, 0.25) is 0 Å². The van der Waals surface area contributed by atoms with Crippen LogP contribution in [0.1, 0.15) is 12.5 Å². The molecule has 1 aliphatic heterocycles. The van der Waals surface area contributed by atoms with Gasteiger partial charge in [0.15, 0.2) is 5.54 Å². The number of benzene rings is 1. The molecule has 0 fully saturated rings. The van der Waals surface area contributed by atoms with E-state index in [-0.39, 0.29) is 5.56 Å². The smallest absolute Gasteiger partial charge is 0.389 e. The SMILES string of the molecule is CC(O)C1=C(C(F)(F)F)C(Br)=NC1(C#N)c1ccc(Cl)cc1. The minimum absolute atomic E-state index is 0.200. The van der Waals surface area contributed by atoms with Gasteiger partial charge in [0.25, 0.3) is 0 Å². The average molecular weight is 394 g/mol. The lowest BCUT2D eigenvalue weighted by Gasteiger charge is -2.25. The number of hydrogen-bond donors (Lipinski definition) is 1. The van der Waals surface area contributed by atoms with Crippen molar-refractivity contribution in [2.24, 2.45) is 4.99 Å². The Kier molecular flexibility index (Phi) is 4.39. The van der Waals surface area contributed by atoms with Crippen LogP contribution in [0.2, 0.25) is 5.02 Å². The van der Waals surface area contributed by atoms with E-state index in [2.05, 4.69) is 20.9 Å². The summed E-state index contributed by atoms with van der Waals surface area (Å²) in [4.78, 5) is 3.86. The van der Waals surface area contributed by atoms with Crippen LogP contribution in [0.15, 0.2) is 40.4 Å². The summed E-state index contributed by atoms with van der Waals surface area (Å²) in [5.74, 6) is 0. The van der Waals surface area contributed by atoms with Gasteiger partial charge < -0.3 is 5.11 Å².